The van der Waals surface area contributed by atoms with Gasteiger partial charge in [-0.3, -0.25) is 14.7 Å². The third-order valence-corrected chi connectivity index (χ3v) is 6.14. The van der Waals surface area contributed by atoms with Crippen molar-refractivity contribution in [3.8, 4) is 0 Å². The molecule has 1 aliphatic carbocycles. The van der Waals surface area contributed by atoms with Gasteiger partial charge in [-0.25, -0.2) is 9.59 Å². The molecule has 0 radical (unpaired) electrons. The van der Waals surface area contributed by atoms with E-state index in [-0.39, 0.29) is 17.9 Å². The van der Waals surface area contributed by atoms with E-state index in [0.717, 1.165) is 31.6 Å². The Balaban J connectivity index is 0.000000286. The van der Waals surface area contributed by atoms with Crippen LogP contribution in [0.25, 0.3) is 0 Å². The Labute approximate surface area is 207 Å². The van der Waals surface area contributed by atoms with Gasteiger partial charge in [0, 0.05) is 44.2 Å². The van der Waals surface area contributed by atoms with Crippen LogP contribution >= 0.6 is 0 Å². The highest BCUT2D eigenvalue weighted by Gasteiger charge is 2.45. The van der Waals surface area contributed by atoms with Crippen LogP contribution in [0.5, 0.6) is 0 Å². The molecule has 1 saturated carbocycles. The molecule has 208 valence electrons. The largest absolute Gasteiger partial charge is 0.490 e. The van der Waals surface area contributed by atoms with E-state index in [1.807, 2.05) is 12.1 Å². The SMILES string of the molecule is O=C(NCc1cccnc1)[C@H]1C[C@H]2OCC[C@H]2N(C2CCC2)C1.O=C(O)C(F)(F)F.O=C(O)C(F)(F)F. The number of carbonyl (C=O) groups is 3. The maximum atomic E-state index is 12.6. The van der Waals surface area contributed by atoms with Crippen molar-refractivity contribution in [3.63, 3.8) is 0 Å². The van der Waals surface area contributed by atoms with Crippen LogP contribution in [0.2, 0.25) is 0 Å². The van der Waals surface area contributed by atoms with Gasteiger partial charge in [0.1, 0.15) is 0 Å². The van der Waals surface area contributed by atoms with Gasteiger partial charge < -0.3 is 20.3 Å². The number of aliphatic carboxylic acids is 2. The Hall–Kier alpha value is -2.94. The second-order valence-corrected chi connectivity index (χ2v) is 8.66. The number of piperidine rings is 1. The molecule has 1 aromatic rings. The third kappa shape index (κ3) is 9.46. The second-order valence-electron chi connectivity index (χ2n) is 8.66. The Morgan fingerprint density at radius 2 is 1.65 bits per heavy atom. The molecule has 37 heavy (non-hydrogen) atoms. The number of alkyl halides is 6. The van der Waals surface area contributed by atoms with Gasteiger partial charge in [0.05, 0.1) is 12.0 Å². The van der Waals surface area contributed by atoms with E-state index >= 15 is 0 Å². The van der Waals surface area contributed by atoms with Crippen LogP contribution in [-0.2, 0) is 25.7 Å². The van der Waals surface area contributed by atoms with Crippen molar-refractivity contribution in [3.05, 3.63) is 30.1 Å². The lowest BCUT2D eigenvalue weighted by atomic mass is 9.83. The van der Waals surface area contributed by atoms with Crippen LogP contribution in [0.4, 0.5) is 26.3 Å². The predicted molar refractivity (Wildman–Crippen MR) is 114 cm³/mol. The highest BCUT2D eigenvalue weighted by atomic mass is 19.4. The lowest BCUT2D eigenvalue weighted by molar-refractivity contribution is -0.193. The van der Waals surface area contributed by atoms with Crippen molar-refractivity contribution >= 4 is 17.8 Å². The number of fused-ring (bicyclic) bond motifs is 1. The molecule has 0 aromatic carbocycles. The summed E-state index contributed by atoms with van der Waals surface area (Å²) < 4.78 is 69.4. The molecule has 1 amide bonds. The summed E-state index contributed by atoms with van der Waals surface area (Å²) in [7, 11) is 0. The van der Waals surface area contributed by atoms with Crippen LogP contribution in [0.15, 0.2) is 24.5 Å². The number of hydrogen-bond acceptors (Lipinski definition) is 6. The fraction of sp³-hybridized carbons (Fsp3) is 0.636. The van der Waals surface area contributed by atoms with Gasteiger partial charge in [0.15, 0.2) is 0 Å². The van der Waals surface area contributed by atoms with Gasteiger partial charge in [0.25, 0.3) is 0 Å². The lowest BCUT2D eigenvalue weighted by Gasteiger charge is -2.47. The van der Waals surface area contributed by atoms with Crippen LogP contribution in [-0.4, -0.2) is 81.6 Å². The number of likely N-dealkylation sites (tertiary alicyclic amines) is 1. The number of ether oxygens (including phenoxy) is 1. The molecule has 4 rings (SSSR count). The van der Waals surface area contributed by atoms with E-state index in [1.54, 1.807) is 12.4 Å². The first-order valence-electron chi connectivity index (χ1n) is 11.3. The molecule has 0 bridgehead atoms. The molecule has 3 atom stereocenters. The van der Waals surface area contributed by atoms with Crippen LogP contribution in [0, 0.1) is 5.92 Å². The molecular weight excluding hydrogens is 516 g/mol. The summed E-state index contributed by atoms with van der Waals surface area (Å²) in [6.07, 6.45) is -0.466. The third-order valence-electron chi connectivity index (χ3n) is 6.14. The minimum atomic E-state index is -5.08. The molecule has 0 spiro atoms. The van der Waals surface area contributed by atoms with Gasteiger partial charge >= 0.3 is 24.3 Å². The van der Waals surface area contributed by atoms with E-state index in [0.29, 0.717) is 18.6 Å². The van der Waals surface area contributed by atoms with E-state index in [4.69, 9.17) is 24.5 Å². The van der Waals surface area contributed by atoms with E-state index in [9.17, 15) is 31.1 Å². The standard InChI is InChI=1S/C18H25N3O2.2C2HF3O2/c22-18(20-11-13-3-2-7-19-10-13)14-9-17-16(6-8-23-17)21(12-14)15-4-1-5-15;2*3-2(4,5)1(6)7/h2-3,7,10,14-17H,1,4-6,8-9,11-12H2,(H,20,22);2*(H,6,7)/t14-,16+,17+;;/m0../s1. The summed E-state index contributed by atoms with van der Waals surface area (Å²) in [4.78, 5) is 37.1. The summed E-state index contributed by atoms with van der Waals surface area (Å²) in [5.74, 6) is -5.31. The lowest BCUT2D eigenvalue weighted by Crippen LogP contribution is -2.57. The van der Waals surface area contributed by atoms with Crippen molar-refractivity contribution in [1.82, 2.24) is 15.2 Å². The Bertz CT molecular complexity index is 886. The van der Waals surface area contributed by atoms with Crippen molar-refractivity contribution in [2.75, 3.05) is 13.2 Å². The van der Waals surface area contributed by atoms with E-state index in [2.05, 4.69) is 15.2 Å². The fourth-order valence-corrected chi connectivity index (χ4v) is 4.15. The van der Waals surface area contributed by atoms with Crippen LogP contribution in [0.3, 0.4) is 0 Å². The molecule has 3 aliphatic rings. The van der Waals surface area contributed by atoms with E-state index in [1.165, 1.54) is 19.3 Å². The number of carbonyl (C=O) groups excluding carboxylic acids is 1. The molecule has 1 aromatic heterocycles. The van der Waals surface area contributed by atoms with Crippen molar-refractivity contribution in [2.45, 2.75) is 69.2 Å². The number of carboxylic acids is 2. The van der Waals surface area contributed by atoms with Crippen molar-refractivity contribution < 1.29 is 55.7 Å². The molecule has 2 saturated heterocycles. The fourth-order valence-electron chi connectivity index (χ4n) is 4.15. The molecule has 3 heterocycles. The summed E-state index contributed by atoms with van der Waals surface area (Å²) in [5.41, 5.74) is 1.04. The van der Waals surface area contributed by atoms with Gasteiger partial charge in [-0.2, -0.15) is 26.3 Å². The minimum Gasteiger partial charge on any atom is -0.475 e. The number of rotatable bonds is 4. The quantitative estimate of drug-likeness (QED) is 0.495. The normalized spacial score (nSPS) is 23.8. The Kier molecular flexibility index (Phi) is 10.7. The second kappa shape index (κ2) is 13.0. The number of nitrogens with one attached hydrogen (secondary N) is 1. The number of amides is 1. The number of hydrogen-bond donors (Lipinski definition) is 3. The zero-order valence-electron chi connectivity index (χ0n) is 19.5. The first-order chi connectivity index (χ1) is 17.2. The van der Waals surface area contributed by atoms with Gasteiger partial charge in [-0.15, -0.1) is 0 Å². The van der Waals surface area contributed by atoms with Gasteiger partial charge in [-0.1, -0.05) is 12.5 Å². The number of aromatic nitrogens is 1. The summed E-state index contributed by atoms with van der Waals surface area (Å²) >= 11 is 0. The zero-order valence-corrected chi connectivity index (χ0v) is 19.5. The van der Waals surface area contributed by atoms with Gasteiger partial charge in [0.2, 0.25) is 5.91 Å². The smallest absolute Gasteiger partial charge is 0.475 e. The van der Waals surface area contributed by atoms with E-state index < -0.39 is 24.3 Å². The Morgan fingerprint density at radius 1 is 1.05 bits per heavy atom. The number of pyridine rings is 1. The average Bonchev–Trinajstić information content (AvgIpc) is 3.25. The first-order valence-corrected chi connectivity index (χ1v) is 11.3. The molecule has 2 aliphatic heterocycles. The highest BCUT2D eigenvalue weighted by molar-refractivity contribution is 5.79. The summed E-state index contributed by atoms with van der Waals surface area (Å²) in [6.45, 7) is 2.30. The maximum absolute atomic E-state index is 12.6. The van der Waals surface area contributed by atoms with Crippen molar-refractivity contribution in [2.24, 2.45) is 5.92 Å². The topological polar surface area (TPSA) is 129 Å². The summed E-state index contributed by atoms with van der Waals surface area (Å²) in [6, 6.07) is 5.11. The van der Waals surface area contributed by atoms with Crippen molar-refractivity contribution in [1.29, 1.82) is 0 Å². The molecule has 9 nitrogen and oxygen atoms in total. The number of nitrogens with zero attached hydrogens (tertiary/aromatic N) is 2. The molecular formula is C22H27F6N3O6. The molecule has 3 fully saturated rings. The number of halogens is 6. The first kappa shape index (κ1) is 30.3. The number of carboxylic acid groups (broad SMARTS) is 2. The minimum absolute atomic E-state index is 0.0478. The zero-order chi connectivity index (χ0) is 27.8. The highest BCUT2D eigenvalue weighted by Crippen LogP contribution is 2.37. The summed E-state index contributed by atoms with van der Waals surface area (Å²) in [5, 5.41) is 17.3. The van der Waals surface area contributed by atoms with Crippen LogP contribution < -0.4 is 5.32 Å². The van der Waals surface area contributed by atoms with Crippen LogP contribution in [0.1, 0.15) is 37.7 Å². The molecule has 15 heteroatoms. The molecule has 3 N–H and O–H groups in total. The maximum Gasteiger partial charge on any atom is 0.490 e. The Morgan fingerprint density at radius 3 is 2.11 bits per heavy atom. The predicted octanol–water partition coefficient (Wildman–Crippen LogP) is 3.00. The molecule has 0 unspecified atom stereocenters. The average molecular weight is 543 g/mol. The van der Waals surface area contributed by atoms with Gasteiger partial charge in [-0.05, 0) is 37.3 Å². The monoisotopic (exact) mass is 543 g/mol.